The van der Waals surface area contributed by atoms with Crippen LogP contribution in [0.1, 0.15) is 11.1 Å². The predicted molar refractivity (Wildman–Crippen MR) is 104 cm³/mol. The summed E-state index contributed by atoms with van der Waals surface area (Å²) in [7, 11) is 1.27. The summed E-state index contributed by atoms with van der Waals surface area (Å²) in [4.78, 5) is 11.3. The van der Waals surface area contributed by atoms with Crippen molar-refractivity contribution < 1.29 is 27.4 Å². The van der Waals surface area contributed by atoms with Gasteiger partial charge in [-0.1, -0.05) is 29.8 Å². The summed E-state index contributed by atoms with van der Waals surface area (Å²) in [6, 6.07) is 12.8. The van der Waals surface area contributed by atoms with Gasteiger partial charge in [0.05, 0.1) is 19.3 Å². The summed E-state index contributed by atoms with van der Waals surface area (Å²) in [5.74, 6) is -0.284. The van der Waals surface area contributed by atoms with Gasteiger partial charge >= 0.3 is 12.5 Å². The lowest BCUT2D eigenvalue weighted by molar-refractivity contribution is -0.274. The molecule has 1 N–H and O–H groups in total. The number of nitrogens with zero attached hydrogens (tertiary/aromatic N) is 2. The number of amides is 1. The van der Waals surface area contributed by atoms with E-state index in [2.05, 4.69) is 19.9 Å². The fourth-order valence-corrected chi connectivity index (χ4v) is 2.93. The largest absolute Gasteiger partial charge is 0.573 e. The van der Waals surface area contributed by atoms with Crippen LogP contribution in [0.4, 0.5) is 18.0 Å². The standard InChI is InChI=1S/C20H17ClF3N3O3/c1-29-19(28)25-11-15-10-14(5-6-17(15)21)18-7-8-27(26-18)12-13-3-2-4-16(9-13)30-20(22,23)24/h2-10H,11-12H2,1H3,(H,25,28). The van der Waals surface area contributed by atoms with Crippen molar-refractivity contribution in [2.45, 2.75) is 19.5 Å². The van der Waals surface area contributed by atoms with Crippen molar-refractivity contribution >= 4 is 17.7 Å². The van der Waals surface area contributed by atoms with Crippen LogP contribution in [0.2, 0.25) is 5.02 Å². The molecule has 6 nitrogen and oxygen atoms in total. The number of rotatable bonds is 6. The third-order valence-corrected chi connectivity index (χ3v) is 4.44. The van der Waals surface area contributed by atoms with E-state index in [-0.39, 0.29) is 18.8 Å². The minimum Gasteiger partial charge on any atom is -0.453 e. The molecule has 3 rings (SSSR count). The van der Waals surface area contributed by atoms with Gasteiger partial charge in [0.25, 0.3) is 0 Å². The second kappa shape index (κ2) is 9.08. The van der Waals surface area contributed by atoms with Gasteiger partial charge in [0.1, 0.15) is 5.75 Å². The molecule has 2 aromatic carbocycles. The Morgan fingerprint density at radius 1 is 1.20 bits per heavy atom. The molecule has 0 aliphatic carbocycles. The molecule has 10 heteroatoms. The summed E-state index contributed by atoms with van der Waals surface area (Å²) < 4.78 is 47.3. The summed E-state index contributed by atoms with van der Waals surface area (Å²) in [6.07, 6.45) is -3.60. The quantitative estimate of drug-likeness (QED) is 0.586. The number of hydrogen-bond acceptors (Lipinski definition) is 4. The molecule has 30 heavy (non-hydrogen) atoms. The Bertz CT molecular complexity index is 1040. The maximum absolute atomic E-state index is 12.4. The van der Waals surface area contributed by atoms with Crippen molar-refractivity contribution in [3.63, 3.8) is 0 Å². The first-order chi connectivity index (χ1) is 14.2. The van der Waals surface area contributed by atoms with Crippen LogP contribution in [0, 0.1) is 0 Å². The summed E-state index contributed by atoms with van der Waals surface area (Å²) in [5, 5.41) is 7.51. The van der Waals surface area contributed by atoms with Gasteiger partial charge in [0.2, 0.25) is 0 Å². The maximum Gasteiger partial charge on any atom is 0.573 e. The van der Waals surface area contributed by atoms with E-state index >= 15 is 0 Å². The summed E-state index contributed by atoms with van der Waals surface area (Å²) in [5.41, 5.74) is 2.71. The molecule has 0 bridgehead atoms. The molecule has 0 saturated carbocycles. The molecule has 0 radical (unpaired) electrons. The fourth-order valence-electron chi connectivity index (χ4n) is 2.74. The van der Waals surface area contributed by atoms with Crippen molar-refractivity contribution in [2.75, 3.05) is 7.11 Å². The Morgan fingerprint density at radius 3 is 2.73 bits per heavy atom. The topological polar surface area (TPSA) is 65.4 Å². The van der Waals surface area contributed by atoms with Crippen LogP contribution >= 0.6 is 11.6 Å². The average Bonchev–Trinajstić information content (AvgIpc) is 3.14. The average molecular weight is 440 g/mol. The Balaban J connectivity index is 1.74. The first kappa shape index (κ1) is 21.5. The van der Waals surface area contributed by atoms with E-state index in [9.17, 15) is 18.0 Å². The Labute approximate surface area is 175 Å². The zero-order valence-electron chi connectivity index (χ0n) is 15.7. The molecule has 0 spiro atoms. The molecule has 3 aromatic rings. The van der Waals surface area contributed by atoms with E-state index in [0.29, 0.717) is 21.8 Å². The molecule has 1 heterocycles. The van der Waals surface area contributed by atoms with E-state index < -0.39 is 12.5 Å². The number of halogens is 4. The number of ether oxygens (including phenoxy) is 2. The van der Waals surface area contributed by atoms with Crippen LogP contribution in [-0.2, 0) is 17.8 Å². The van der Waals surface area contributed by atoms with Crippen LogP contribution in [0.25, 0.3) is 11.3 Å². The van der Waals surface area contributed by atoms with Crippen molar-refractivity contribution in [1.82, 2.24) is 15.1 Å². The highest BCUT2D eigenvalue weighted by atomic mass is 35.5. The van der Waals surface area contributed by atoms with Crippen molar-refractivity contribution in [2.24, 2.45) is 0 Å². The lowest BCUT2D eigenvalue weighted by Gasteiger charge is -2.10. The van der Waals surface area contributed by atoms with Gasteiger partial charge in [-0.05, 0) is 41.5 Å². The fraction of sp³-hybridized carbons (Fsp3) is 0.200. The van der Waals surface area contributed by atoms with Crippen LogP contribution in [0.5, 0.6) is 5.75 Å². The predicted octanol–water partition coefficient (Wildman–Crippen LogP) is 5.01. The van der Waals surface area contributed by atoms with Crippen molar-refractivity contribution in [1.29, 1.82) is 0 Å². The van der Waals surface area contributed by atoms with Gasteiger partial charge < -0.3 is 14.8 Å². The lowest BCUT2D eigenvalue weighted by atomic mass is 10.1. The van der Waals surface area contributed by atoms with Crippen molar-refractivity contribution in [3.8, 4) is 17.0 Å². The molecule has 0 fully saturated rings. The first-order valence-corrected chi connectivity index (χ1v) is 9.10. The number of hydrogen-bond donors (Lipinski definition) is 1. The zero-order chi connectivity index (χ0) is 21.7. The molecular formula is C20H17ClF3N3O3. The van der Waals surface area contributed by atoms with Crippen LogP contribution in [0.15, 0.2) is 54.7 Å². The molecule has 0 unspecified atom stereocenters. The number of benzene rings is 2. The SMILES string of the molecule is COC(=O)NCc1cc(-c2ccn(Cc3cccc(OC(F)(F)F)c3)n2)ccc1Cl. The minimum atomic E-state index is -4.74. The van der Waals surface area contributed by atoms with Crippen molar-refractivity contribution in [3.05, 3.63) is 70.9 Å². The highest BCUT2D eigenvalue weighted by Gasteiger charge is 2.31. The number of carbonyl (C=O) groups excluding carboxylic acids is 1. The monoisotopic (exact) mass is 439 g/mol. The molecule has 158 valence electrons. The number of aromatic nitrogens is 2. The van der Waals surface area contributed by atoms with E-state index in [1.54, 1.807) is 41.2 Å². The van der Waals surface area contributed by atoms with E-state index in [0.717, 1.165) is 5.56 Å². The molecule has 1 aromatic heterocycles. The molecule has 0 atom stereocenters. The number of nitrogens with one attached hydrogen (secondary N) is 1. The lowest BCUT2D eigenvalue weighted by Crippen LogP contribution is -2.22. The number of carbonyl (C=O) groups is 1. The third kappa shape index (κ3) is 5.90. The summed E-state index contributed by atoms with van der Waals surface area (Å²) >= 11 is 6.17. The molecule has 0 aliphatic rings. The third-order valence-electron chi connectivity index (χ3n) is 4.07. The zero-order valence-corrected chi connectivity index (χ0v) is 16.5. The normalized spacial score (nSPS) is 11.2. The van der Waals surface area contributed by atoms with Gasteiger partial charge in [0.15, 0.2) is 0 Å². The van der Waals surface area contributed by atoms with Crippen LogP contribution in [-0.4, -0.2) is 29.3 Å². The van der Waals surface area contributed by atoms with E-state index in [4.69, 9.17) is 11.6 Å². The van der Waals surface area contributed by atoms with Gasteiger partial charge in [-0.15, -0.1) is 13.2 Å². The van der Waals surface area contributed by atoms with E-state index in [1.807, 2.05) is 0 Å². The molecule has 0 saturated heterocycles. The van der Waals surface area contributed by atoms with Gasteiger partial charge in [-0.2, -0.15) is 5.10 Å². The van der Waals surface area contributed by atoms with Crippen LogP contribution in [0.3, 0.4) is 0 Å². The molecule has 1 amide bonds. The Kier molecular flexibility index (Phi) is 6.51. The molecule has 0 aliphatic heterocycles. The van der Waals surface area contributed by atoms with Crippen LogP contribution < -0.4 is 10.1 Å². The second-order valence-electron chi connectivity index (χ2n) is 6.25. The summed E-state index contributed by atoms with van der Waals surface area (Å²) in [6.45, 7) is 0.450. The Hall–Kier alpha value is -3.20. The highest BCUT2D eigenvalue weighted by molar-refractivity contribution is 6.31. The number of alkyl carbamates (subject to hydrolysis) is 1. The number of methoxy groups -OCH3 is 1. The van der Waals surface area contributed by atoms with Gasteiger partial charge in [0, 0.05) is 23.3 Å². The first-order valence-electron chi connectivity index (χ1n) is 8.72. The van der Waals surface area contributed by atoms with E-state index in [1.165, 1.54) is 25.3 Å². The second-order valence-corrected chi connectivity index (χ2v) is 6.65. The Morgan fingerprint density at radius 2 is 2.00 bits per heavy atom. The maximum atomic E-state index is 12.4. The molecular weight excluding hydrogens is 423 g/mol. The minimum absolute atomic E-state index is 0.187. The number of alkyl halides is 3. The van der Waals surface area contributed by atoms with Gasteiger partial charge in [-0.3, -0.25) is 4.68 Å². The highest BCUT2D eigenvalue weighted by Crippen LogP contribution is 2.26. The van der Waals surface area contributed by atoms with Gasteiger partial charge in [-0.25, -0.2) is 4.79 Å². The smallest absolute Gasteiger partial charge is 0.453 e.